The van der Waals surface area contributed by atoms with E-state index in [1.807, 2.05) is 92.0 Å². The van der Waals surface area contributed by atoms with Gasteiger partial charge in [0.25, 0.3) is 5.91 Å². The average molecular weight is 831 g/mol. The number of carboxylic acid groups (broad SMARTS) is 1. The van der Waals surface area contributed by atoms with Gasteiger partial charge in [0.2, 0.25) is 5.91 Å². The van der Waals surface area contributed by atoms with Gasteiger partial charge in [0, 0.05) is 50.4 Å². The van der Waals surface area contributed by atoms with Gasteiger partial charge in [-0.3, -0.25) is 25.2 Å². The Hall–Kier alpha value is -5.46. The van der Waals surface area contributed by atoms with E-state index in [1.165, 1.54) is 16.3 Å². The van der Waals surface area contributed by atoms with Crippen molar-refractivity contribution in [3.63, 3.8) is 0 Å². The summed E-state index contributed by atoms with van der Waals surface area (Å²) in [4.78, 5) is 65.7. The molecule has 59 heavy (non-hydrogen) atoms. The number of nitrogens with one attached hydrogen (secondary N) is 2. The largest absolute Gasteiger partial charge is 0.463 e. The minimum Gasteiger partial charge on any atom is -0.463 e. The molecule has 5 atom stereocenters. The summed E-state index contributed by atoms with van der Waals surface area (Å²) in [5.41, 5.74) is 6.68. The van der Waals surface area contributed by atoms with E-state index in [2.05, 4.69) is 20.7 Å². The SMILES string of the molecule is CCC(C(=O)NN(Cc1ccc(-c2ccccn2)cc1)C[C@H](O)[C@H](Cc1ccccc1)NC(=O)[C@H]([C@@H](C)CC)N1CCN(Cc2csc(COC)n2)C1=O)N(O)C(=O)O. The number of ether oxygens (including phenoxy) is 1. The van der Waals surface area contributed by atoms with Crippen molar-refractivity contribution in [1.29, 1.82) is 0 Å². The molecule has 0 aliphatic carbocycles. The molecular weight excluding hydrogens is 777 g/mol. The van der Waals surface area contributed by atoms with Crippen LogP contribution in [0.25, 0.3) is 11.3 Å². The number of benzene rings is 2. The lowest BCUT2D eigenvalue weighted by atomic mass is 9.95. The zero-order chi connectivity index (χ0) is 42.5. The number of hydrogen-bond acceptors (Lipinski definition) is 11. The van der Waals surface area contributed by atoms with E-state index in [9.17, 15) is 34.6 Å². The van der Waals surface area contributed by atoms with E-state index in [1.54, 1.807) is 30.0 Å². The molecule has 1 aliphatic heterocycles. The van der Waals surface area contributed by atoms with Crippen molar-refractivity contribution in [2.24, 2.45) is 5.92 Å². The summed E-state index contributed by atoms with van der Waals surface area (Å²) in [5, 5.41) is 38.8. The lowest BCUT2D eigenvalue weighted by molar-refractivity contribution is -0.149. The maximum absolute atomic E-state index is 14.5. The number of aliphatic hydroxyl groups excluding tert-OH is 1. The number of carbonyl (C=O) groups is 4. The Kier molecular flexibility index (Phi) is 16.3. The van der Waals surface area contributed by atoms with E-state index >= 15 is 0 Å². The first-order valence-corrected chi connectivity index (χ1v) is 20.6. The molecule has 2 aromatic carbocycles. The molecule has 1 aliphatic rings. The number of methoxy groups -OCH3 is 1. The molecule has 0 saturated carbocycles. The third-order valence-corrected chi connectivity index (χ3v) is 11.2. The van der Waals surface area contributed by atoms with Crippen LogP contribution in [0.15, 0.2) is 84.4 Å². The summed E-state index contributed by atoms with van der Waals surface area (Å²) in [6.07, 6.45) is -0.481. The minimum absolute atomic E-state index is 0.0290. The maximum Gasteiger partial charge on any atom is 0.432 e. The first-order valence-electron chi connectivity index (χ1n) is 19.7. The Bertz CT molecular complexity index is 1970. The van der Waals surface area contributed by atoms with Crippen LogP contribution >= 0.6 is 11.3 Å². The second-order valence-corrected chi connectivity index (χ2v) is 15.5. The first kappa shape index (κ1) is 44.6. The van der Waals surface area contributed by atoms with Crippen molar-refractivity contribution in [3.05, 3.63) is 106 Å². The van der Waals surface area contributed by atoms with E-state index < -0.39 is 42.1 Å². The van der Waals surface area contributed by atoms with E-state index in [4.69, 9.17) is 4.74 Å². The van der Waals surface area contributed by atoms with Gasteiger partial charge in [-0.15, -0.1) is 11.3 Å². The van der Waals surface area contributed by atoms with Crippen molar-refractivity contribution in [3.8, 4) is 11.3 Å². The molecule has 2 aromatic heterocycles. The highest BCUT2D eigenvalue weighted by atomic mass is 32.1. The van der Waals surface area contributed by atoms with Crippen molar-refractivity contribution in [2.75, 3.05) is 26.7 Å². The quantitative estimate of drug-likeness (QED) is 0.0572. The van der Waals surface area contributed by atoms with Crippen molar-refractivity contribution in [1.82, 2.24) is 40.6 Å². The Balaban J connectivity index is 1.38. The third kappa shape index (κ3) is 12.0. The second-order valence-electron chi connectivity index (χ2n) is 14.6. The topological polar surface area (TPSA) is 201 Å². The van der Waals surface area contributed by atoms with Crippen molar-refractivity contribution >= 4 is 35.3 Å². The number of carbonyl (C=O) groups excluding carboxylic acids is 3. The van der Waals surface area contributed by atoms with Crippen LogP contribution in [0.5, 0.6) is 0 Å². The number of hydrazine groups is 1. The highest BCUT2D eigenvalue weighted by Gasteiger charge is 2.41. The van der Waals surface area contributed by atoms with Gasteiger partial charge < -0.3 is 30.1 Å². The van der Waals surface area contributed by atoms with Gasteiger partial charge in [0.1, 0.15) is 17.1 Å². The minimum atomic E-state index is -1.69. The number of hydrogen-bond donors (Lipinski definition) is 5. The van der Waals surface area contributed by atoms with Crippen LogP contribution in [0.3, 0.4) is 0 Å². The van der Waals surface area contributed by atoms with Crippen LogP contribution in [-0.2, 0) is 40.4 Å². The highest BCUT2D eigenvalue weighted by Crippen LogP contribution is 2.24. The number of hydroxylamine groups is 2. The molecule has 16 nitrogen and oxygen atoms in total. The summed E-state index contributed by atoms with van der Waals surface area (Å²) in [5.74, 6) is -1.46. The van der Waals surface area contributed by atoms with Crippen LogP contribution < -0.4 is 10.7 Å². The van der Waals surface area contributed by atoms with E-state index in [0.29, 0.717) is 32.7 Å². The highest BCUT2D eigenvalue weighted by molar-refractivity contribution is 7.09. The molecule has 5 rings (SSSR count). The maximum atomic E-state index is 14.5. The number of thiazole rings is 1. The zero-order valence-corrected chi connectivity index (χ0v) is 34.6. The molecule has 3 heterocycles. The van der Waals surface area contributed by atoms with Crippen LogP contribution in [0.4, 0.5) is 9.59 Å². The molecule has 0 radical (unpaired) electrons. The molecule has 5 N–H and O–H groups in total. The fraction of sp³-hybridized carbons (Fsp3) is 0.429. The number of urea groups is 1. The Morgan fingerprint density at radius 2 is 1.69 bits per heavy atom. The number of aromatic nitrogens is 2. The fourth-order valence-corrected chi connectivity index (χ4v) is 7.79. The first-order chi connectivity index (χ1) is 28.4. The molecule has 0 bridgehead atoms. The van der Waals surface area contributed by atoms with Crippen molar-refractivity contribution in [2.45, 2.75) is 84.0 Å². The number of nitrogens with zero attached hydrogens (tertiary/aromatic N) is 6. The summed E-state index contributed by atoms with van der Waals surface area (Å²) in [6, 6.07) is 19.0. The standard InChI is InChI=1S/C42H54N8O8S/c1-5-28(3)38(49-21-20-47(41(49)54)24-32-27-59-37(44-32)26-58-4)40(53)45-34(22-29-12-8-7-9-13-29)36(51)25-48(46-39(52)35(6-2)50(57)42(55)56)23-30-15-17-31(18-16-30)33-14-10-11-19-43-33/h7-19,27-28,34-36,38,51,57H,5-6,20-26H2,1-4H3,(H,45,53)(H,46,52)(H,55,56)/t28-,34-,35?,36-,38-/m0/s1. The number of amides is 5. The van der Waals surface area contributed by atoms with Crippen molar-refractivity contribution < 1.29 is 39.3 Å². The summed E-state index contributed by atoms with van der Waals surface area (Å²) >= 11 is 1.46. The fourth-order valence-electron chi connectivity index (χ4n) is 7.03. The average Bonchev–Trinajstić information content (AvgIpc) is 3.83. The molecule has 316 valence electrons. The Morgan fingerprint density at radius 3 is 2.34 bits per heavy atom. The monoisotopic (exact) mass is 830 g/mol. The summed E-state index contributed by atoms with van der Waals surface area (Å²) in [7, 11) is 1.60. The molecule has 4 aromatic rings. The van der Waals surface area contributed by atoms with Gasteiger partial charge in [0.05, 0.1) is 36.7 Å². The van der Waals surface area contributed by atoms with Gasteiger partial charge in [-0.05, 0) is 42.0 Å². The second kappa shape index (κ2) is 21.5. The lowest BCUT2D eigenvalue weighted by Crippen LogP contribution is -2.59. The Morgan fingerprint density at radius 1 is 0.966 bits per heavy atom. The van der Waals surface area contributed by atoms with Gasteiger partial charge in [-0.25, -0.2) is 19.6 Å². The van der Waals surface area contributed by atoms with Gasteiger partial charge >= 0.3 is 12.1 Å². The normalized spacial score (nSPS) is 15.4. The molecule has 0 spiro atoms. The number of pyridine rings is 1. The zero-order valence-electron chi connectivity index (χ0n) is 33.8. The summed E-state index contributed by atoms with van der Waals surface area (Å²) in [6.45, 7) is 6.73. The number of aliphatic hydroxyl groups is 1. The van der Waals surface area contributed by atoms with Crippen LogP contribution in [0.1, 0.15) is 55.4 Å². The Labute approximate surface area is 348 Å². The van der Waals surface area contributed by atoms with Gasteiger partial charge in [-0.1, -0.05) is 87.9 Å². The van der Waals surface area contributed by atoms with Crippen LogP contribution in [-0.4, -0.2) is 120 Å². The predicted octanol–water partition coefficient (Wildman–Crippen LogP) is 4.77. The molecule has 17 heteroatoms. The molecule has 1 fully saturated rings. The third-order valence-electron chi connectivity index (χ3n) is 10.4. The molecule has 5 amide bonds. The van der Waals surface area contributed by atoms with Crippen LogP contribution in [0, 0.1) is 5.92 Å². The molecular formula is C42H54N8O8S. The van der Waals surface area contributed by atoms with E-state index in [-0.39, 0.29) is 42.9 Å². The smallest absolute Gasteiger partial charge is 0.432 e. The van der Waals surface area contributed by atoms with Gasteiger partial charge in [-0.2, -0.15) is 5.06 Å². The van der Waals surface area contributed by atoms with Crippen LogP contribution in [0.2, 0.25) is 0 Å². The molecule has 1 unspecified atom stereocenters. The predicted molar refractivity (Wildman–Crippen MR) is 221 cm³/mol. The summed E-state index contributed by atoms with van der Waals surface area (Å²) < 4.78 is 5.19. The molecule has 1 saturated heterocycles. The lowest BCUT2D eigenvalue weighted by Gasteiger charge is -2.35. The van der Waals surface area contributed by atoms with E-state index in [0.717, 1.165) is 33.1 Å². The number of rotatable bonds is 21. The van der Waals surface area contributed by atoms with Gasteiger partial charge in [0.15, 0.2) is 0 Å².